The molecular weight excluding hydrogens is 617 g/mol. The highest BCUT2D eigenvalue weighted by Crippen LogP contribution is 2.18. The van der Waals surface area contributed by atoms with Crippen LogP contribution in [-0.4, -0.2) is 23.1 Å². The summed E-state index contributed by atoms with van der Waals surface area (Å²) in [6, 6.07) is 0. The van der Waals surface area contributed by atoms with Gasteiger partial charge in [-0.3, -0.25) is 9.59 Å². The van der Waals surface area contributed by atoms with Crippen LogP contribution in [-0.2, 0) is 14.3 Å². The molecule has 1 atom stereocenters. The smallest absolute Gasteiger partial charge is 0.306 e. The number of carbonyl (C=O) groups excluding carboxylic acids is 1. The summed E-state index contributed by atoms with van der Waals surface area (Å²) < 4.78 is 5.87. The Kier molecular flexibility index (Phi) is 38.7. The van der Waals surface area contributed by atoms with Gasteiger partial charge in [0.25, 0.3) is 0 Å². The van der Waals surface area contributed by atoms with Crippen LogP contribution in [0.1, 0.15) is 200 Å². The molecule has 0 amide bonds. The maximum atomic E-state index is 12.6. The van der Waals surface area contributed by atoms with Crippen LogP contribution in [0.5, 0.6) is 0 Å². The van der Waals surface area contributed by atoms with E-state index in [0.29, 0.717) is 19.3 Å². The Morgan fingerprint density at radius 3 is 1.22 bits per heavy atom. The van der Waals surface area contributed by atoms with Crippen LogP contribution in [0, 0.1) is 0 Å². The molecule has 0 aromatic carbocycles. The molecule has 0 saturated carbocycles. The first-order valence-electron chi connectivity index (χ1n) is 20.9. The van der Waals surface area contributed by atoms with Gasteiger partial charge in [-0.05, 0) is 77.0 Å². The first kappa shape index (κ1) is 47.4. The predicted octanol–water partition coefficient (Wildman–Crippen LogP) is 14.7. The predicted molar refractivity (Wildman–Crippen MR) is 218 cm³/mol. The molecule has 0 aliphatic rings. The van der Waals surface area contributed by atoms with Gasteiger partial charge in [-0.15, -0.1) is 0 Å². The minimum Gasteiger partial charge on any atom is -0.481 e. The van der Waals surface area contributed by atoms with E-state index in [1.165, 1.54) is 96.3 Å². The highest BCUT2D eigenvalue weighted by molar-refractivity contribution is 5.69. The number of carboxylic acids is 1. The highest BCUT2D eigenvalue weighted by Gasteiger charge is 2.14. The topological polar surface area (TPSA) is 63.6 Å². The van der Waals surface area contributed by atoms with Gasteiger partial charge in [0.05, 0.1) is 0 Å². The van der Waals surface area contributed by atoms with Crippen molar-refractivity contribution in [3.05, 3.63) is 72.9 Å². The quantitative estimate of drug-likeness (QED) is 0.0399. The Balaban J connectivity index is 4.02. The molecule has 0 saturated heterocycles. The highest BCUT2D eigenvalue weighted by atomic mass is 16.5. The molecule has 0 fully saturated rings. The van der Waals surface area contributed by atoms with E-state index < -0.39 is 5.97 Å². The number of esters is 1. The van der Waals surface area contributed by atoms with Crippen LogP contribution in [0.4, 0.5) is 0 Å². The summed E-state index contributed by atoms with van der Waals surface area (Å²) in [6.45, 7) is 4.43. The van der Waals surface area contributed by atoms with Crippen LogP contribution in [0.3, 0.4) is 0 Å². The van der Waals surface area contributed by atoms with Gasteiger partial charge < -0.3 is 9.84 Å². The number of unbranched alkanes of at least 4 members (excludes halogenated alkanes) is 16. The lowest BCUT2D eigenvalue weighted by molar-refractivity contribution is -0.150. The lowest BCUT2D eigenvalue weighted by Gasteiger charge is -2.18. The number of allylic oxidation sites excluding steroid dienone is 12. The number of carboxylic acid groups (broad SMARTS) is 1. The zero-order chi connectivity index (χ0) is 36.4. The maximum absolute atomic E-state index is 12.6. The number of hydrogen-bond acceptors (Lipinski definition) is 3. The molecule has 286 valence electrons. The molecule has 4 nitrogen and oxygen atoms in total. The monoisotopic (exact) mass is 695 g/mol. The zero-order valence-electron chi connectivity index (χ0n) is 32.7. The van der Waals surface area contributed by atoms with E-state index >= 15 is 0 Å². The third-order valence-electron chi connectivity index (χ3n) is 8.96. The summed E-state index contributed by atoms with van der Waals surface area (Å²) in [5.74, 6) is -0.892. The van der Waals surface area contributed by atoms with Crippen molar-refractivity contribution < 1.29 is 19.4 Å². The number of ether oxygens (including phenoxy) is 1. The lowest BCUT2D eigenvalue weighted by Crippen LogP contribution is -2.18. The minimum absolute atomic E-state index is 0.0896. The number of hydrogen-bond donors (Lipinski definition) is 1. The summed E-state index contributed by atoms with van der Waals surface area (Å²) in [7, 11) is 0. The number of rotatable bonds is 37. The lowest BCUT2D eigenvalue weighted by atomic mass is 10.0. The fraction of sp³-hybridized carbons (Fsp3) is 0.696. The molecule has 1 unspecified atom stereocenters. The van der Waals surface area contributed by atoms with Crippen molar-refractivity contribution >= 4 is 11.9 Å². The summed E-state index contributed by atoms with van der Waals surface area (Å²) in [6.07, 6.45) is 57.8. The van der Waals surface area contributed by atoms with E-state index in [-0.39, 0.29) is 18.5 Å². The molecule has 0 spiro atoms. The zero-order valence-corrected chi connectivity index (χ0v) is 32.7. The molecule has 50 heavy (non-hydrogen) atoms. The number of carbonyl (C=O) groups is 2. The van der Waals surface area contributed by atoms with Crippen molar-refractivity contribution in [2.45, 2.75) is 206 Å². The van der Waals surface area contributed by atoms with Gasteiger partial charge in [-0.25, -0.2) is 0 Å². The normalized spacial score (nSPS) is 13.0. The fourth-order valence-electron chi connectivity index (χ4n) is 5.92. The molecule has 0 aromatic heterocycles. The van der Waals surface area contributed by atoms with Crippen LogP contribution in [0.2, 0.25) is 0 Å². The Morgan fingerprint density at radius 2 is 0.820 bits per heavy atom. The molecule has 4 heteroatoms. The molecule has 0 aliphatic carbocycles. The minimum atomic E-state index is -0.757. The van der Waals surface area contributed by atoms with E-state index in [1.54, 1.807) is 0 Å². The Bertz CT molecular complexity index is 922. The third-order valence-corrected chi connectivity index (χ3v) is 8.96. The first-order chi connectivity index (χ1) is 24.6. The van der Waals surface area contributed by atoms with E-state index in [0.717, 1.165) is 64.2 Å². The second-order valence-corrected chi connectivity index (χ2v) is 13.8. The van der Waals surface area contributed by atoms with E-state index in [9.17, 15) is 9.59 Å². The summed E-state index contributed by atoms with van der Waals surface area (Å²) in [4.78, 5) is 23.5. The molecular formula is C46H78O4. The van der Waals surface area contributed by atoms with Crippen molar-refractivity contribution in [1.29, 1.82) is 0 Å². The molecule has 1 N–H and O–H groups in total. The van der Waals surface area contributed by atoms with Crippen LogP contribution < -0.4 is 0 Å². The van der Waals surface area contributed by atoms with E-state index in [2.05, 4.69) is 86.8 Å². The van der Waals surface area contributed by atoms with Gasteiger partial charge in [0.15, 0.2) is 0 Å². The van der Waals surface area contributed by atoms with Crippen molar-refractivity contribution in [3.63, 3.8) is 0 Å². The molecule has 0 aromatic rings. The number of aliphatic carboxylic acids is 1. The van der Waals surface area contributed by atoms with Gasteiger partial charge in [0.2, 0.25) is 0 Å². The second-order valence-electron chi connectivity index (χ2n) is 13.8. The molecule has 0 rings (SSSR count). The summed E-state index contributed by atoms with van der Waals surface area (Å²) in [5.41, 5.74) is 0. The fourth-order valence-corrected chi connectivity index (χ4v) is 5.92. The van der Waals surface area contributed by atoms with Crippen molar-refractivity contribution in [2.24, 2.45) is 0 Å². The van der Waals surface area contributed by atoms with Crippen molar-refractivity contribution in [2.75, 3.05) is 0 Å². The summed E-state index contributed by atoms with van der Waals surface area (Å²) >= 11 is 0. The Hall–Kier alpha value is -2.62. The van der Waals surface area contributed by atoms with E-state index in [4.69, 9.17) is 9.84 Å². The standard InChI is InChI=1S/C46H78O4/c1-3-5-7-9-11-13-15-17-19-21-22-23-25-27-29-31-33-35-37-43-46(49)50-44(41-38-39-42-45(47)48)40-36-34-32-30-28-26-24-20-18-16-14-12-10-8-6-4-2/h5,7,11,13,17,19,22-23,27,29,33,35,44H,3-4,6,8-10,12,14-16,18,20-21,24-26,28,30-32,34,36-43H2,1-2H3,(H,47,48)/b7-5-,13-11-,19-17-,23-22-,29-27-,35-33-. The molecule has 0 heterocycles. The van der Waals surface area contributed by atoms with Crippen LogP contribution in [0.25, 0.3) is 0 Å². The average molecular weight is 695 g/mol. The third kappa shape index (κ3) is 39.8. The Morgan fingerprint density at radius 1 is 0.460 bits per heavy atom. The van der Waals surface area contributed by atoms with E-state index in [1.807, 2.05) is 0 Å². The van der Waals surface area contributed by atoms with Gasteiger partial charge in [-0.1, -0.05) is 183 Å². The van der Waals surface area contributed by atoms with Crippen molar-refractivity contribution in [3.8, 4) is 0 Å². The molecule has 0 bridgehead atoms. The average Bonchev–Trinajstić information content (AvgIpc) is 3.10. The summed E-state index contributed by atoms with van der Waals surface area (Å²) in [5, 5.41) is 8.96. The Labute approximate surface area is 309 Å². The van der Waals surface area contributed by atoms with Gasteiger partial charge in [-0.2, -0.15) is 0 Å². The molecule has 0 radical (unpaired) electrons. The van der Waals surface area contributed by atoms with Gasteiger partial charge in [0, 0.05) is 12.8 Å². The van der Waals surface area contributed by atoms with Crippen LogP contribution in [0.15, 0.2) is 72.9 Å². The first-order valence-corrected chi connectivity index (χ1v) is 20.9. The van der Waals surface area contributed by atoms with Gasteiger partial charge >= 0.3 is 11.9 Å². The van der Waals surface area contributed by atoms with Gasteiger partial charge in [0.1, 0.15) is 6.10 Å². The van der Waals surface area contributed by atoms with Crippen LogP contribution >= 0.6 is 0 Å². The maximum Gasteiger partial charge on any atom is 0.306 e. The second kappa shape index (κ2) is 40.8. The van der Waals surface area contributed by atoms with Crippen molar-refractivity contribution in [1.82, 2.24) is 0 Å². The molecule has 0 aliphatic heterocycles. The largest absolute Gasteiger partial charge is 0.481 e. The SMILES string of the molecule is CC/C=C\C/C=C\C/C=C\C/C=C\C/C=C\C/C=C\CCC(=O)OC(CCCCCCCCCCCCCCCCCC)CCCCC(=O)O.